The van der Waals surface area contributed by atoms with Gasteiger partial charge < -0.3 is 19.9 Å². The Morgan fingerprint density at radius 1 is 1.19 bits per heavy atom. The van der Waals surface area contributed by atoms with Gasteiger partial charge in [0.2, 0.25) is 0 Å². The van der Waals surface area contributed by atoms with Gasteiger partial charge in [-0.3, -0.25) is 4.79 Å². The Balaban J connectivity index is 2.50. The van der Waals surface area contributed by atoms with Crippen LogP contribution in [0, 0.1) is 6.92 Å². The minimum absolute atomic E-state index is 0.0206. The first-order chi connectivity index (χ1) is 12.6. The number of amides is 1. The zero-order chi connectivity index (χ0) is 20.4. The molecule has 0 aliphatic carbocycles. The SMILES string of the molecule is COc1c(NSC)cc(C(C)(C)C)cc1NC(=O)c1cc(O)c(C)c(Cl)c1. The first kappa shape index (κ1) is 21.3. The van der Waals surface area contributed by atoms with Crippen LogP contribution >= 0.6 is 23.5 Å². The van der Waals surface area contributed by atoms with Gasteiger partial charge in [-0.1, -0.05) is 44.3 Å². The van der Waals surface area contributed by atoms with Crippen LogP contribution in [0.3, 0.4) is 0 Å². The Morgan fingerprint density at radius 2 is 1.81 bits per heavy atom. The van der Waals surface area contributed by atoms with E-state index >= 15 is 0 Å². The first-order valence-corrected chi connectivity index (χ1v) is 10.0. The molecule has 5 nitrogen and oxygen atoms in total. The molecule has 2 rings (SSSR count). The third-order valence-corrected chi connectivity index (χ3v) is 5.02. The lowest BCUT2D eigenvalue weighted by atomic mass is 9.86. The molecule has 146 valence electrons. The number of phenolic OH excluding ortho intramolecular Hbond substituents is 1. The number of phenols is 1. The number of rotatable bonds is 5. The smallest absolute Gasteiger partial charge is 0.255 e. The number of methoxy groups -OCH3 is 1. The van der Waals surface area contributed by atoms with Crippen molar-refractivity contribution in [2.45, 2.75) is 33.1 Å². The van der Waals surface area contributed by atoms with E-state index in [2.05, 4.69) is 30.8 Å². The Bertz CT molecular complexity index is 840. The fourth-order valence-corrected chi connectivity index (χ4v) is 3.14. The number of aromatic hydroxyl groups is 1. The molecule has 2 aromatic carbocycles. The number of carbonyl (C=O) groups excluding carboxylic acids is 1. The average molecular weight is 409 g/mol. The van der Waals surface area contributed by atoms with Gasteiger partial charge in [0.05, 0.1) is 18.5 Å². The zero-order valence-electron chi connectivity index (χ0n) is 16.4. The molecule has 0 aliphatic rings. The molecule has 0 unspecified atom stereocenters. The summed E-state index contributed by atoms with van der Waals surface area (Å²) >= 11 is 7.54. The Hall–Kier alpha value is -2.05. The van der Waals surface area contributed by atoms with Gasteiger partial charge in [0.25, 0.3) is 5.91 Å². The molecule has 1 amide bonds. The van der Waals surface area contributed by atoms with E-state index in [0.29, 0.717) is 22.0 Å². The van der Waals surface area contributed by atoms with Crippen molar-refractivity contribution in [3.63, 3.8) is 0 Å². The van der Waals surface area contributed by atoms with Crippen molar-refractivity contribution in [3.05, 3.63) is 46.0 Å². The molecule has 0 aliphatic heterocycles. The molecule has 0 bridgehead atoms. The molecule has 0 saturated heterocycles. The first-order valence-electron chi connectivity index (χ1n) is 8.40. The second kappa shape index (κ2) is 8.31. The minimum atomic E-state index is -0.383. The van der Waals surface area contributed by atoms with Gasteiger partial charge in [-0.2, -0.15) is 0 Å². The van der Waals surface area contributed by atoms with Crippen LogP contribution in [0.1, 0.15) is 42.3 Å². The normalized spacial score (nSPS) is 11.2. The highest BCUT2D eigenvalue weighted by Gasteiger charge is 2.21. The maximum atomic E-state index is 12.8. The molecule has 0 spiro atoms. The van der Waals surface area contributed by atoms with Crippen LogP contribution in [-0.2, 0) is 5.41 Å². The summed E-state index contributed by atoms with van der Waals surface area (Å²) in [6, 6.07) is 6.85. The van der Waals surface area contributed by atoms with Crippen LogP contribution in [-0.4, -0.2) is 24.4 Å². The number of benzene rings is 2. The summed E-state index contributed by atoms with van der Waals surface area (Å²) in [5.74, 6) is 0.132. The zero-order valence-corrected chi connectivity index (χ0v) is 17.9. The van der Waals surface area contributed by atoms with E-state index < -0.39 is 0 Å². The van der Waals surface area contributed by atoms with Crippen molar-refractivity contribution in [2.75, 3.05) is 23.4 Å². The van der Waals surface area contributed by atoms with Gasteiger partial charge in [-0.15, -0.1) is 0 Å². The van der Waals surface area contributed by atoms with Gasteiger partial charge in [0.15, 0.2) is 5.75 Å². The number of ether oxygens (including phenoxy) is 1. The number of hydrogen-bond acceptors (Lipinski definition) is 5. The number of halogens is 1. The van der Waals surface area contributed by atoms with Crippen LogP contribution < -0.4 is 14.8 Å². The molecule has 0 atom stereocenters. The van der Waals surface area contributed by atoms with E-state index in [9.17, 15) is 9.90 Å². The second-order valence-corrected chi connectivity index (χ2v) is 8.24. The van der Waals surface area contributed by atoms with Crippen molar-refractivity contribution in [3.8, 4) is 11.5 Å². The maximum Gasteiger partial charge on any atom is 0.255 e. The van der Waals surface area contributed by atoms with E-state index in [1.807, 2.05) is 18.4 Å². The number of nitrogens with one attached hydrogen (secondary N) is 2. The third-order valence-electron chi connectivity index (χ3n) is 4.20. The van der Waals surface area contributed by atoms with Crippen molar-refractivity contribution in [1.82, 2.24) is 0 Å². The third kappa shape index (κ3) is 4.82. The minimum Gasteiger partial charge on any atom is -0.508 e. The van der Waals surface area contributed by atoms with E-state index in [-0.39, 0.29) is 22.6 Å². The average Bonchev–Trinajstić information content (AvgIpc) is 2.58. The molecule has 0 radical (unpaired) electrons. The van der Waals surface area contributed by atoms with Gasteiger partial charge >= 0.3 is 0 Å². The van der Waals surface area contributed by atoms with Crippen molar-refractivity contribution >= 4 is 40.8 Å². The predicted molar refractivity (Wildman–Crippen MR) is 115 cm³/mol. The van der Waals surface area contributed by atoms with Crippen LogP contribution in [0.4, 0.5) is 11.4 Å². The molecule has 0 fully saturated rings. The summed E-state index contributed by atoms with van der Waals surface area (Å²) in [5.41, 5.74) is 3.05. The van der Waals surface area contributed by atoms with E-state index in [4.69, 9.17) is 16.3 Å². The Labute approximate surface area is 169 Å². The molecule has 3 N–H and O–H groups in total. The highest BCUT2D eigenvalue weighted by Crippen LogP contribution is 2.40. The van der Waals surface area contributed by atoms with Crippen molar-refractivity contribution in [1.29, 1.82) is 0 Å². The fraction of sp³-hybridized carbons (Fsp3) is 0.350. The van der Waals surface area contributed by atoms with Gasteiger partial charge in [-0.25, -0.2) is 0 Å². The topological polar surface area (TPSA) is 70.6 Å². The molecular formula is C20H25ClN2O3S. The van der Waals surface area contributed by atoms with E-state index in [0.717, 1.165) is 11.3 Å². The molecule has 27 heavy (non-hydrogen) atoms. The maximum absolute atomic E-state index is 12.8. The molecule has 0 heterocycles. The lowest BCUT2D eigenvalue weighted by Crippen LogP contribution is -2.16. The lowest BCUT2D eigenvalue weighted by Gasteiger charge is -2.24. The van der Waals surface area contributed by atoms with Crippen LogP contribution in [0.2, 0.25) is 5.02 Å². The lowest BCUT2D eigenvalue weighted by molar-refractivity contribution is 0.102. The van der Waals surface area contributed by atoms with Crippen molar-refractivity contribution in [2.24, 2.45) is 0 Å². The molecule has 0 saturated carbocycles. The monoisotopic (exact) mass is 408 g/mol. The highest BCUT2D eigenvalue weighted by molar-refractivity contribution is 7.99. The highest BCUT2D eigenvalue weighted by atomic mass is 35.5. The Kier molecular flexibility index (Phi) is 6.54. The summed E-state index contributed by atoms with van der Waals surface area (Å²) < 4.78 is 8.73. The van der Waals surface area contributed by atoms with Crippen LogP contribution in [0.25, 0.3) is 0 Å². The van der Waals surface area contributed by atoms with Gasteiger partial charge in [0.1, 0.15) is 5.75 Å². The number of anilines is 2. The van der Waals surface area contributed by atoms with Gasteiger partial charge in [0, 0.05) is 22.4 Å². The Morgan fingerprint density at radius 3 is 2.33 bits per heavy atom. The van der Waals surface area contributed by atoms with Gasteiger partial charge in [-0.05, 0) is 42.2 Å². The summed E-state index contributed by atoms with van der Waals surface area (Å²) in [6.07, 6.45) is 1.92. The predicted octanol–water partition coefficient (Wildman–Crippen LogP) is 5.60. The quantitative estimate of drug-likeness (QED) is 0.561. The summed E-state index contributed by atoms with van der Waals surface area (Å²) in [5, 5.41) is 13.2. The molecule has 0 aromatic heterocycles. The van der Waals surface area contributed by atoms with E-state index in [1.165, 1.54) is 24.1 Å². The standard InChI is InChI=1S/C20H25ClN2O3S/c1-11-14(21)7-12(8-17(11)24)19(25)22-15-9-13(20(2,3)4)10-16(23-27-6)18(15)26-5/h7-10,23-24H,1-6H3,(H,22,25). The molecular weight excluding hydrogens is 384 g/mol. The number of carbonyl (C=O) groups is 1. The van der Waals surface area contributed by atoms with Crippen LogP contribution in [0.15, 0.2) is 24.3 Å². The number of hydrogen-bond donors (Lipinski definition) is 3. The summed E-state index contributed by atoms with van der Waals surface area (Å²) in [4.78, 5) is 12.8. The molecule has 7 heteroatoms. The summed E-state index contributed by atoms with van der Waals surface area (Å²) in [6.45, 7) is 7.98. The van der Waals surface area contributed by atoms with E-state index in [1.54, 1.807) is 14.0 Å². The largest absolute Gasteiger partial charge is 0.508 e. The summed E-state index contributed by atoms with van der Waals surface area (Å²) in [7, 11) is 1.56. The fourth-order valence-electron chi connectivity index (χ4n) is 2.55. The molecule has 2 aromatic rings. The second-order valence-electron chi connectivity index (χ2n) is 7.22. The van der Waals surface area contributed by atoms with Crippen LogP contribution in [0.5, 0.6) is 11.5 Å². The van der Waals surface area contributed by atoms with Crippen molar-refractivity contribution < 1.29 is 14.6 Å².